The summed E-state index contributed by atoms with van der Waals surface area (Å²) >= 11 is 0. The van der Waals surface area contributed by atoms with Crippen molar-refractivity contribution >= 4 is 17.6 Å². The number of likely N-dealkylation sites (tertiary alicyclic amines) is 1. The number of likely N-dealkylation sites (N-methyl/N-ethyl adjacent to an activating group) is 1. The number of nitrogens with one attached hydrogen (secondary N) is 1. The fourth-order valence-electron chi connectivity index (χ4n) is 5.55. The number of anilines is 1. The van der Waals surface area contributed by atoms with Gasteiger partial charge in [0.15, 0.2) is 6.29 Å². The van der Waals surface area contributed by atoms with Crippen LogP contribution in [-0.4, -0.2) is 85.7 Å². The minimum atomic E-state index is -0.265. The summed E-state index contributed by atoms with van der Waals surface area (Å²) in [6, 6.07) is 5.89. The average molecular weight is 478 g/mol. The first kappa shape index (κ1) is 23.8. The molecule has 7 nitrogen and oxygen atoms in total. The van der Waals surface area contributed by atoms with E-state index in [1.54, 1.807) is 19.2 Å². The zero-order chi connectivity index (χ0) is 24.9. The molecule has 1 aromatic carbocycles. The Morgan fingerprint density at radius 2 is 1.89 bits per heavy atom. The lowest BCUT2D eigenvalue weighted by atomic mass is 9.90. The fourth-order valence-corrected chi connectivity index (χ4v) is 5.55. The molecule has 0 amide bonds. The van der Waals surface area contributed by atoms with E-state index in [0.717, 1.165) is 48.3 Å². The number of hydrogen-bond donors (Lipinski definition) is 2. The molecule has 35 heavy (non-hydrogen) atoms. The molecule has 0 radical (unpaired) electrons. The summed E-state index contributed by atoms with van der Waals surface area (Å²) in [6.45, 7) is 3.95. The van der Waals surface area contributed by atoms with E-state index in [1.807, 2.05) is 12.3 Å². The molecular formula is C27H36FN7. The number of nitrogens with zero attached hydrogens (tertiary/aromatic N) is 5. The van der Waals surface area contributed by atoms with Gasteiger partial charge in [-0.1, -0.05) is 18.2 Å². The molecule has 2 atom stereocenters. The van der Waals surface area contributed by atoms with Crippen molar-refractivity contribution in [2.75, 3.05) is 46.6 Å². The van der Waals surface area contributed by atoms with Gasteiger partial charge in [-0.25, -0.2) is 9.40 Å². The van der Waals surface area contributed by atoms with Crippen molar-refractivity contribution in [2.24, 2.45) is 10.7 Å². The SMILES string of the molecule is CNc1ccc(C2=C(C3=CC4=C(C)N(C)N(C)C4C=C3)C=NC(N3CCC(N)CC3)N2C)cc1F. The molecule has 1 saturated heterocycles. The highest BCUT2D eigenvalue weighted by atomic mass is 19.1. The van der Waals surface area contributed by atoms with Crippen LogP contribution in [0.15, 0.2) is 63.8 Å². The molecule has 3 heterocycles. The topological polar surface area (TPSA) is 63.4 Å². The van der Waals surface area contributed by atoms with Crippen LogP contribution >= 0.6 is 0 Å². The van der Waals surface area contributed by atoms with Gasteiger partial charge < -0.3 is 21.0 Å². The summed E-state index contributed by atoms with van der Waals surface area (Å²) in [5, 5.41) is 7.34. The first-order valence-electron chi connectivity index (χ1n) is 12.3. The van der Waals surface area contributed by atoms with Crippen molar-refractivity contribution in [2.45, 2.75) is 38.1 Å². The smallest absolute Gasteiger partial charge is 0.178 e. The number of allylic oxidation sites excluding steroid dienone is 4. The van der Waals surface area contributed by atoms with E-state index in [0.29, 0.717) is 5.69 Å². The van der Waals surface area contributed by atoms with Gasteiger partial charge in [-0.05, 0) is 49.1 Å². The molecule has 2 unspecified atom stereocenters. The maximum atomic E-state index is 14.9. The van der Waals surface area contributed by atoms with Gasteiger partial charge in [0.2, 0.25) is 0 Å². The van der Waals surface area contributed by atoms with Gasteiger partial charge in [0.05, 0.1) is 17.4 Å². The number of hydrazine groups is 1. The van der Waals surface area contributed by atoms with Crippen molar-refractivity contribution in [1.82, 2.24) is 19.8 Å². The Labute approximate surface area is 207 Å². The van der Waals surface area contributed by atoms with Gasteiger partial charge in [0.25, 0.3) is 0 Å². The Balaban J connectivity index is 1.59. The van der Waals surface area contributed by atoms with Crippen LogP contribution in [0.4, 0.5) is 10.1 Å². The average Bonchev–Trinajstić information content (AvgIpc) is 3.08. The molecule has 0 aromatic heterocycles. The summed E-state index contributed by atoms with van der Waals surface area (Å²) in [5.74, 6) is -0.265. The van der Waals surface area contributed by atoms with Crippen LogP contribution < -0.4 is 11.1 Å². The Morgan fingerprint density at radius 3 is 2.57 bits per heavy atom. The summed E-state index contributed by atoms with van der Waals surface area (Å²) in [4.78, 5) is 9.55. The highest BCUT2D eigenvalue weighted by Crippen LogP contribution is 2.38. The lowest BCUT2D eigenvalue weighted by Crippen LogP contribution is -2.51. The Bertz CT molecular complexity index is 1160. The summed E-state index contributed by atoms with van der Waals surface area (Å²) in [6.07, 6.45) is 10.4. The van der Waals surface area contributed by atoms with E-state index < -0.39 is 0 Å². The van der Waals surface area contributed by atoms with Crippen LogP contribution in [-0.2, 0) is 0 Å². The lowest BCUT2D eigenvalue weighted by Gasteiger charge is -2.43. The summed E-state index contributed by atoms with van der Waals surface area (Å²) in [5.41, 5.74) is 13.1. The Morgan fingerprint density at radius 1 is 1.14 bits per heavy atom. The van der Waals surface area contributed by atoms with E-state index in [9.17, 15) is 4.39 Å². The van der Waals surface area contributed by atoms with E-state index in [2.05, 4.69) is 71.4 Å². The predicted octanol–water partition coefficient (Wildman–Crippen LogP) is 3.23. The number of piperidine rings is 1. The maximum Gasteiger partial charge on any atom is 0.178 e. The van der Waals surface area contributed by atoms with E-state index >= 15 is 0 Å². The monoisotopic (exact) mass is 477 g/mol. The maximum absolute atomic E-state index is 14.9. The standard InChI is InChI=1S/C27H36FN7/c1-17-21-14-18(7-9-25(21)34(5)33(17)4)22-16-31-27(35-12-10-20(29)11-13-35)32(3)26(22)19-6-8-24(30-2)23(28)15-19/h6-9,14-16,20,25,27,30H,10-13,29H2,1-5H3. The summed E-state index contributed by atoms with van der Waals surface area (Å²) < 4.78 is 14.9. The van der Waals surface area contributed by atoms with Crippen LogP contribution in [0.25, 0.3) is 5.70 Å². The van der Waals surface area contributed by atoms with Crippen LogP contribution in [0.1, 0.15) is 25.3 Å². The van der Waals surface area contributed by atoms with Gasteiger partial charge in [0.1, 0.15) is 5.82 Å². The molecule has 1 aromatic rings. The van der Waals surface area contributed by atoms with Crippen molar-refractivity contribution in [1.29, 1.82) is 0 Å². The van der Waals surface area contributed by atoms with Gasteiger partial charge in [-0.15, -0.1) is 0 Å². The number of rotatable bonds is 4. The molecular weight excluding hydrogens is 441 g/mol. The first-order chi connectivity index (χ1) is 16.8. The van der Waals surface area contributed by atoms with Gasteiger partial charge in [0, 0.05) is 70.4 Å². The third-order valence-electron chi connectivity index (χ3n) is 7.88. The van der Waals surface area contributed by atoms with Crippen molar-refractivity contribution in [3.8, 4) is 0 Å². The van der Waals surface area contributed by atoms with Crippen molar-refractivity contribution in [3.05, 3.63) is 70.2 Å². The second-order valence-corrected chi connectivity index (χ2v) is 9.86. The third kappa shape index (κ3) is 4.09. The molecule has 186 valence electrons. The molecule has 0 bridgehead atoms. The largest absolute Gasteiger partial charge is 0.386 e. The number of benzene rings is 1. The zero-order valence-corrected chi connectivity index (χ0v) is 21.3. The zero-order valence-electron chi connectivity index (χ0n) is 21.3. The molecule has 0 saturated carbocycles. The fraction of sp³-hybridized carbons (Fsp3) is 0.444. The molecule has 3 N–H and O–H groups in total. The van der Waals surface area contributed by atoms with E-state index in [1.165, 1.54) is 11.3 Å². The number of halogens is 1. The van der Waals surface area contributed by atoms with Crippen LogP contribution in [0.3, 0.4) is 0 Å². The predicted molar refractivity (Wildman–Crippen MR) is 141 cm³/mol. The molecule has 3 aliphatic heterocycles. The quantitative estimate of drug-likeness (QED) is 0.694. The Kier molecular flexibility index (Phi) is 6.29. The van der Waals surface area contributed by atoms with Crippen LogP contribution in [0, 0.1) is 5.82 Å². The number of aliphatic imine (C=N–C) groups is 1. The minimum Gasteiger partial charge on any atom is -0.386 e. The van der Waals surface area contributed by atoms with Gasteiger partial charge >= 0.3 is 0 Å². The highest BCUT2D eigenvalue weighted by Gasteiger charge is 2.35. The number of hydrogen-bond acceptors (Lipinski definition) is 7. The summed E-state index contributed by atoms with van der Waals surface area (Å²) in [7, 11) is 7.99. The minimum absolute atomic E-state index is 0.140. The Hall–Kier alpha value is -2.94. The number of fused-ring (bicyclic) bond motifs is 1. The number of nitrogens with two attached hydrogens (primary N) is 1. The van der Waals surface area contributed by atoms with E-state index in [-0.39, 0.29) is 24.2 Å². The lowest BCUT2D eigenvalue weighted by molar-refractivity contribution is 0.0779. The second-order valence-electron chi connectivity index (χ2n) is 9.86. The molecule has 0 spiro atoms. The molecule has 8 heteroatoms. The van der Waals surface area contributed by atoms with Crippen LogP contribution in [0.5, 0.6) is 0 Å². The molecule has 5 rings (SSSR count). The molecule has 1 fully saturated rings. The van der Waals surface area contributed by atoms with Gasteiger partial charge in [-0.2, -0.15) is 0 Å². The second kappa shape index (κ2) is 9.26. The van der Waals surface area contributed by atoms with Crippen molar-refractivity contribution < 1.29 is 4.39 Å². The highest BCUT2D eigenvalue weighted by molar-refractivity contribution is 5.98. The molecule has 1 aliphatic carbocycles. The molecule has 4 aliphatic rings. The van der Waals surface area contributed by atoms with Gasteiger partial charge in [-0.3, -0.25) is 9.89 Å². The van der Waals surface area contributed by atoms with Crippen LogP contribution in [0.2, 0.25) is 0 Å². The third-order valence-corrected chi connectivity index (χ3v) is 7.88. The van der Waals surface area contributed by atoms with Crippen molar-refractivity contribution in [3.63, 3.8) is 0 Å². The normalized spacial score (nSPS) is 26.1. The first-order valence-corrected chi connectivity index (χ1v) is 12.3. The van der Waals surface area contributed by atoms with E-state index in [4.69, 9.17) is 10.7 Å².